The van der Waals surface area contributed by atoms with Crippen LogP contribution in [0.15, 0.2) is 47.0 Å². The summed E-state index contributed by atoms with van der Waals surface area (Å²) >= 11 is 0. The summed E-state index contributed by atoms with van der Waals surface area (Å²) in [5, 5.41) is 13.4. The number of hydrogen-bond donors (Lipinski definition) is 1. The van der Waals surface area contributed by atoms with Crippen LogP contribution < -0.4 is 0 Å². The van der Waals surface area contributed by atoms with Crippen molar-refractivity contribution in [2.45, 2.75) is 26.7 Å². The molecule has 0 aliphatic carbocycles. The molecule has 0 radical (unpaired) electrons. The number of carbonyl (C=O) groups excluding carboxylic acids is 1. The summed E-state index contributed by atoms with van der Waals surface area (Å²) in [4.78, 5) is 19.3. The molecule has 1 aliphatic heterocycles. The third-order valence-corrected chi connectivity index (χ3v) is 5.28. The minimum Gasteiger partial charge on any atom is -0.508 e. The molecule has 6 heteroatoms. The van der Waals surface area contributed by atoms with Gasteiger partial charge in [-0.15, -0.1) is 0 Å². The van der Waals surface area contributed by atoms with E-state index in [-0.39, 0.29) is 11.7 Å². The molecule has 1 fully saturated rings. The Morgan fingerprint density at radius 2 is 2.00 bits per heavy atom. The smallest absolute Gasteiger partial charge is 0.253 e. The highest BCUT2D eigenvalue weighted by Crippen LogP contribution is 2.27. The number of aromatic hydroxyl groups is 1. The van der Waals surface area contributed by atoms with E-state index in [1.165, 1.54) is 0 Å². The van der Waals surface area contributed by atoms with Gasteiger partial charge in [0.1, 0.15) is 11.5 Å². The van der Waals surface area contributed by atoms with Crippen molar-refractivity contribution >= 4 is 5.91 Å². The Morgan fingerprint density at radius 1 is 1.21 bits per heavy atom. The van der Waals surface area contributed by atoms with Gasteiger partial charge in [-0.05, 0) is 69.0 Å². The molecule has 144 valence electrons. The van der Waals surface area contributed by atoms with Crippen LogP contribution >= 0.6 is 0 Å². The fraction of sp³-hybridized carbons (Fsp3) is 0.318. The van der Waals surface area contributed by atoms with Gasteiger partial charge in [0.25, 0.3) is 5.91 Å². The van der Waals surface area contributed by atoms with Gasteiger partial charge in [0.2, 0.25) is 0 Å². The van der Waals surface area contributed by atoms with Crippen LogP contribution in [0.2, 0.25) is 0 Å². The van der Waals surface area contributed by atoms with Crippen molar-refractivity contribution in [2.24, 2.45) is 5.92 Å². The lowest BCUT2D eigenvalue weighted by atomic mass is 10.0. The van der Waals surface area contributed by atoms with Gasteiger partial charge in [-0.3, -0.25) is 9.78 Å². The molecular weight excluding hydrogens is 354 g/mol. The molecule has 1 amide bonds. The van der Waals surface area contributed by atoms with E-state index in [4.69, 9.17) is 9.51 Å². The van der Waals surface area contributed by atoms with E-state index in [0.29, 0.717) is 11.5 Å². The van der Waals surface area contributed by atoms with E-state index in [0.717, 1.165) is 54.3 Å². The van der Waals surface area contributed by atoms with Gasteiger partial charge in [0.05, 0.1) is 17.0 Å². The van der Waals surface area contributed by atoms with Crippen LogP contribution in [0, 0.1) is 19.8 Å². The van der Waals surface area contributed by atoms with E-state index in [1.807, 2.05) is 36.9 Å². The zero-order valence-corrected chi connectivity index (χ0v) is 16.1. The van der Waals surface area contributed by atoms with Gasteiger partial charge in [0.15, 0.2) is 0 Å². The number of rotatable bonds is 4. The molecule has 1 unspecified atom stereocenters. The highest BCUT2D eigenvalue weighted by molar-refractivity contribution is 5.94. The highest BCUT2D eigenvalue weighted by Gasteiger charge is 2.27. The average Bonchev–Trinajstić information content (AvgIpc) is 3.28. The molecule has 3 heterocycles. The van der Waals surface area contributed by atoms with Crippen LogP contribution in [0.5, 0.6) is 5.75 Å². The fourth-order valence-electron chi connectivity index (χ4n) is 3.85. The zero-order chi connectivity index (χ0) is 19.7. The number of benzene rings is 1. The molecule has 1 N–H and O–H groups in total. The fourth-order valence-corrected chi connectivity index (χ4v) is 3.85. The highest BCUT2D eigenvalue weighted by atomic mass is 16.5. The third kappa shape index (κ3) is 3.63. The van der Waals surface area contributed by atoms with Gasteiger partial charge in [-0.1, -0.05) is 11.2 Å². The Bertz CT molecular complexity index is 975. The number of hydrogen-bond acceptors (Lipinski definition) is 5. The third-order valence-electron chi connectivity index (χ3n) is 5.28. The maximum Gasteiger partial charge on any atom is 0.253 e. The van der Waals surface area contributed by atoms with Gasteiger partial charge < -0.3 is 14.5 Å². The van der Waals surface area contributed by atoms with Gasteiger partial charge >= 0.3 is 0 Å². The molecule has 0 spiro atoms. The van der Waals surface area contributed by atoms with Crippen LogP contribution in [-0.2, 0) is 6.42 Å². The average molecular weight is 377 g/mol. The molecule has 1 aliphatic rings. The standard InChI is InChI=1S/C22H23N3O3/c1-14-21(15(2)28-24-14)20-5-3-4-18(23-20)12-16-10-11-25(13-16)22(27)17-6-8-19(26)9-7-17/h3-9,16,26H,10-13H2,1-2H3. The largest absolute Gasteiger partial charge is 0.508 e. The number of aromatic nitrogens is 2. The second-order valence-electron chi connectivity index (χ2n) is 7.37. The number of likely N-dealkylation sites (tertiary alicyclic amines) is 1. The lowest BCUT2D eigenvalue weighted by Gasteiger charge is -2.16. The van der Waals surface area contributed by atoms with E-state index in [2.05, 4.69) is 5.16 Å². The van der Waals surface area contributed by atoms with Gasteiger partial charge in [0, 0.05) is 24.3 Å². The number of carbonyl (C=O) groups is 1. The van der Waals surface area contributed by atoms with Gasteiger partial charge in [-0.25, -0.2) is 0 Å². The van der Waals surface area contributed by atoms with Crippen molar-refractivity contribution in [1.29, 1.82) is 0 Å². The Labute approximate surface area is 163 Å². The molecule has 28 heavy (non-hydrogen) atoms. The maximum atomic E-state index is 12.7. The summed E-state index contributed by atoms with van der Waals surface area (Å²) in [6, 6.07) is 12.4. The Balaban J connectivity index is 1.44. The molecule has 0 bridgehead atoms. The summed E-state index contributed by atoms with van der Waals surface area (Å²) in [5.41, 5.74) is 4.30. The van der Waals surface area contributed by atoms with E-state index < -0.39 is 0 Å². The normalized spacial score (nSPS) is 16.5. The van der Waals surface area contributed by atoms with Crippen LogP contribution in [-0.4, -0.2) is 39.1 Å². The van der Waals surface area contributed by atoms with Crippen molar-refractivity contribution in [3.63, 3.8) is 0 Å². The van der Waals surface area contributed by atoms with E-state index in [1.54, 1.807) is 24.3 Å². The lowest BCUT2D eigenvalue weighted by Crippen LogP contribution is -2.28. The molecule has 1 aromatic carbocycles. The van der Waals surface area contributed by atoms with Crippen molar-refractivity contribution in [3.8, 4) is 17.0 Å². The number of aryl methyl sites for hydroxylation is 2. The number of nitrogens with zero attached hydrogens (tertiary/aromatic N) is 3. The Hall–Kier alpha value is -3.15. The zero-order valence-electron chi connectivity index (χ0n) is 16.1. The molecule has 0 saturated carbocycles. The number of phenolic OH excluding ortho intramolecular Hbond substituents is 1. The van der Waals surface area contributed by atoms with Gasteiger partial charge in [-0.2, -0.15) is 0 Å². The minimum atomic E-state index is 0.0138. The number of phenols is 1. The Morgan fingerprint density at radius 3 is 2.71 bits per heavy atom. The minimum absolute atomic E-state index is 0.0138. The number of pyridine rings is 1. The first-order valence-corrected chi connectivity index (χ1v) is 9.48. The molecule has 1 atom stereocenters. The molecule has 6 nitrogen and oxygen atoms in total. The maximum absolute atomic E-state index is 12.7. The summed E-state index contributed by atoms with van der Waals surface area (Å²) in [6.45, 7) is 5.28. The second-order valence-corrected chi connectivity index (χ2v) is 7.37. The topological polar surface area (TPSA) is 79.5 Å². The molecular formula is C22H23N3O3. The van der Waals surface area contributed by atoms with E-state index >= 15 is 0 Å². The Kier molecular flexibility index (Phi) is 4.86. The summed E-state index contributed by atoms with van der Waals surface area (Å²) in [7, 11) is 0. The first-order chi connectivity index (χ1) is 13.5. The van der Waals surface area contributed by atoms with Crippen molar-refractivity contribution in [3.05, 3.63) is 65.2 Å². The molecule has 1 saturated heterocycles. The summed E-state index contributed by atoms with van der Waals surface area (Å²) in [5.74, 6) is 1.34. The van der Waals surface area contributed by atoms with Crippen molar-refractivity contribution in [2.75, 3.05) is 13.1 Å². The van der Waals surface area contributed by atoms with Crippen LogP contribution in [0.4, 0.5) is 0 Å². The SMILES string of the molecule is Cc1noc(C)c1-c1cccc(CC2CCN(C(=O)c3ccc(O)cc3)C2)n1. The first-order valence-electron chi connectivity index (χ1n) is 9.48. The summed E-state index contributed by atoms with van der Waals surface area (Å²) < 4.78 is 5.26. The van der Waals surface area contributed by atoms with Crippen LogP contribution in [0.3, 0.4) is 0 Å². The van der Waals surface area contributed by atoms with Crippen LogP contribution in [0.1, 0.15) is 33.9 Å². The van der Waals surface area contributed by atoms with Crippen molar-refractivity contribution < 1.29 is 14.4 Å². The van der Waals surface area contributed by atoms with E-state index in [9.17, 15) is 9.90 Å². The quantitative estimate of drug-likeness (QED) is 0.749. The predicted octanol–water partition coefficient (Wildman–Crippen LogP) is 3.76. The second kappa shape index (κ2) is 7.46. The molecule has 3 aromatic rings. The van der Waals surface area contributed by atoms with Crippen molar-refractivity contribution in [1.82, 2.24) is 15.0 Å². The number of amides is 1. The molecule has 2 aromatic heterocycles. The molecule has 4 rings (SSSR count). The predicted molar refractivity (Wildman–Crippen MR) is 105 cm³/mol. The van der Waals surface area contributed by atoms with Crippen LogP contribution in [0.25, 0.3) is 11.3 Å². The summed E-state index contributed by atoms with van der Waals surface area (Å²) in [6.07, 6.45) is 1.79. The first kappa shape index (κ1) is 18.2. The lowest BCUT2D eigenvalue weighted by molar-refractivity contribution is 0.0787. The monoisotopic (exact) mass is 377 g/mol.